The standard InChI is InChI=1S/C21H24ClN3O4S/c1-11-12(2)18(20(23)27)21(25-13(11)3)30-10-17(26)24-5-4-14-8-15(22)19-16(9-14)28-6-7-29-19/h8-9H,4-7,10H2,1-3H3,(H2,23,27)(H,24,26). The summed E-state index contributed by atoms with van der Waals surface area (Å²) in [6.07, 6.45) is 0.598. The van der Waals surface area contributed by atoms with E-state index < -0.39 is 5.91 Å². The molecule has 2 amide bonds. The Bertz CT molecular complexity index is 997. The number of benzene rings is 1. The minimum Gasteiger partial charge on any atom is -0.486 e. The molecule has 30 heavy (non-hydrogen) atoms. The first-order valence-electron chi connectivity index (χ1n) is 9.53. The summed E-state index contributed by atoms with van der Waals surface area (Å²) >= 11 is 7.45. The van der Waals surface area contributed by atoms with Crippen molar-refractivity contribution in [1.82, 2.24) is 10.3 Å². The largest absolute Gasteiger partial charge is 0.486 e. The van der Waals surface area contributed by atoms with E-state index in [0.29, 0.717) is 53.3 Å². The van der Waals surface area contributed by atoms with Crippen molar-refractivity contribution >= 4 is 35.2 Å². The fourth-order valence-electron chi connectivity index (χ4n) is 3.15. The number of aryl methyl sites for hydroxylation is 1. The number of amides is 2. The maximum absolute atomic E-state index is 12.3. The first kappa shape index (κ1) is 22.2. The molecule has 0 fully saturated rings. The van der Waals surface area contributed by atoms with Crippen LogP contribution >= 0.6 is 23.4 Å². The Morgan fingerprint density at radius 3 is 2.67 bits per heavy atom. The molecule has 0 unspecified atom stereocenters. The van der Waals surface area contributed by atoms with Crippen LogP contribution in [0.25, 0.3) is 0 Å². The lowest BCUT2D eigenvalue weighted by molar-refractivity contribution is -0.118. The number of carbonyl (C=O) groups excluding carboxylic acids is 2. The number of nitrogens with zero attached hydrogens (tertiary/aromatic N) is 1. The van der Waals surface area contributed by atoms with Crippen molar-refractivity contribution in [1.29, 1.82) is 0 Å². The molecule has 160 valence electrons. The number of nitrogens with two attached hydrogens (primary N) is 1. The first-order valence-corrected chi connectivity index (χ1v) is 10.9. The van der Waals surface area contributed by atoms with E-state index in [-0.39, 0.29) is 11.7 Å². The summed E-state index contributed by atoms with van der Waals surface area (Å²) in [7, 11) is 0. The highest BCUT2D eigenvalue weighted by Crippen LogP contribution is 2.38. The predicted octanol–water partition coefficient (Wildman–Crippen LogP) is 2.98. The number of primary amides is 1. The van der Waals surface area contributed by atoms with Gasteiger partial charge in [0, 0.05) is 12.2 Å². The van der Waals surface area contributed by atoms with Crippen LogP contribution in [0.1, 0.15) is 32.7 Å². The molecule has 0 saturated carbocycles. The quantitative estimate of drug-likeness (QED) is 0.630. The maximum Gasteiger partial charge on any atom is 0.251 e. The molecule has 1 aromatic carbocycles. The van der Waals surface area contributed by atoms with Crippen LogP contribution < -0.4 is 20.5 Å². The summed E-state index contributed by atoms with van der Waals surface area (Å²) in [6.45, 7) is 7.02. The van der Waals surface area contributed by atoms with E-state index in [1.54, 1.807) is 0 Å². The van der Waals surface area contributed by atoms with Crippen molar-refractivity contribution in [3.8, 4) is 11.5 Å². The van der Waals surface area contributed by atoms with Crippen molar-refractivity contribution in [3.63, 3.8) is 0 Å². The monoisotopic (exact) mass is 449 g/mol. The molecule has 1 aliphatic heterocycles. The second-order valence-electron chi connectivity index (χ2n) is 6.98. The molecule has 3 rings (SSSR count). The van der Waals surface area contributed by atoms with Crippen molar-refractivity contribution in [2.24, 2.45) is 5.73 Å². The molecular formula is C21H24ClN3O4S. The van der Waals surface area contributed by atoms with Gasteiger partial charge in [-0.15, -0.1) is 0 Å². The lowest BCUT2D eigenvalue weighted by Crippen LogP contribution is -2.27. The average molecular weight is 450 g/mol. The van der Waals surface area contributed by atoms with Crippen LogP contribution in [0.3, 0.4) is 0 Å². The van der Waals surface area contributed by atoms with Crippen LogP contribution in [0.5, 0.6) is 11.5 Å². The third-order valence-electron chi connectivity index (χ3n) is 4.94. The number of pyridine rings is 1. The van der Waals surface area contributed by atoms with Crippen LogP contribution in [0, 0.1) is 20.8 Å². The van der Waals surface area contributed by atoms with Gasteiger partial charge < -0.3 is 20.5 Å². The third kappa shape index (κ3) is 4.99. The Kier molecular flexibility index (Phi) is 7.10. The number of hydrogen-bond donors (Lipinski definition) is 2. The predicted molar refractivity (Wildman–Crippen MR) is 117 cm³/mol. The zero-order chi connectivity index (χ0) is 21.8. The molecule has 3 N–H and O–H groups in total. The average Bonchev–Trinajstić information content (AvgIpc) is 2.70. The number of aromatic nitrogens is 1. The Hall–Kier alpha value is -2.45. The van der Waals surface area contributed by atoms with Gasteiger partial charge in [-0.3, -0.25) is 9.59 Å². The minimum atomic E-state index is -0.540. The van der Waals surface area contributed by atoms with Gasteiger partial charge in [0.2, 0.25) is 5.91 Å². The number of hydrogen-bond acceptors (Lipinski definition) is 6. The van der Waals surface area contributed by atoms with Crippen molar-refractivity contribution in [2.75, 3.05) is 25.5 Å². The molecule has 0 radical (unpaired) electrons. The summed E-state index contributed by atoms with van der Waals surface area (Å²) in [5.74, 6) is 0.629. The molecule has 0 bridgehead atoms. The van der Waals surface area contributed by atoms with Crippen LogP contribution in [-0.2, 0) is 11.2 Å². The van der Waals surface area contributed by atoms with Crippen molar-refractivity contribution in [3.05, 3.63) is 45.1 Å². The number of halogens is 1. The Morgan fingerprint density at radius 1 is 1.20 bits per heavy atom. The molecule has 2 aromatic rings. The van der Waals surface area contributed by atoms with E-state index in [2.05, 4.69) is 10.3 Å². The molecule has 2 heterocycles. The van der Waals surface area contributed by atoms with Gasteiger partial charge in [0.25, 0.3) is 5.91 Å². The number of carbonyl (C=O) groups is 2. The Labute approximate surface area is 184 Å². The van der Waals surface area contributed by atoms with Gasteiger partial charge in [-0.25, -0.2) is 4.98 Å². The van der Waals surface area contributed by atoms with Gasteiger partial charge in [-0.05, 0) is 56.0 Å². The molecule has 0 aliphatic carbocycles. The summed E-state index contributed by atoms with van der Waals surface area (Å²) < 4.78 is 11.1. The second-order valence-corrected chi connectivity index (χ2v) is 8.35. The van der Waals surface area contributed by atoms with Crippen molar-refractivity contribution in [2.45, 2.75) is 32.2 Å². The third-order valence-corrected chi connectivity index (χ3v) is 6.20. The lowest BCUT2D eigenvalue weighted by Gasteiger charge is -2.20. The summed E-state index contributed by atoms with van der Waals surface area (Å²) in [6, 6.07) is 3.69. The molecule has 7 nitrogen and oxygen atoms in total. The van der Waals surface area contributed by atoms with Gasteiger partial charge in [-0.2, -0.15) is 0 Å². The zero-order valence-electron chi connectivity index (χ0n) is 17.1. The number of thioether (sulfide) groups is 1. The summed E-state index contributed by atoms with van der Waals surface area (Å²) in [5, 5.41) is 3.85. The topological polar surface area (TPSA) is 104 Å². The first-order chi connectivity index (χ1) is 14.3. The number of fused-ring (bicyclic) bond motifs is 1. The van der Waals surface area contributed by atoms with E-state index in [1.165, 1.54) is 11.8 Å². The summed E-state index contributed by atoms with van der Waals surface area (Å²) in [5.41, 5.74) is 9.39. The Balaban J connectivity index is 1.56. The van der Waals surface area contributed by atoms with Gasteiger partial charge in [-0.1, -0.05) is 23.4 Å². The normalized spacial score (nSPS) is 12.5. The fourth-order valence-corrected chi connectivity index (χ4v) is 4.40. The number of ether oxygens (including phenoxy) is 2. The Morgan fingerprint density at radius 2 is 1.93 bits per heavy atom. The van der Waals surface area contributed by atoms with E-state index in [1.807, 2.05) is 32.9 Å². The van der Waals surface area contributed by atoms with Crippen LogP contribution in [0.15, 0.2) is 17.2 Å². The van der Waals surface area contributed by atoms with Gasteiger partial charge in [0.05, 0.1) is 16.3 Å². The van der Waals surface area contributed by atoms with E-state index in [4.69, 9.17) is 26.8 Å². The van der Waals surface area contributed by atoms with E-state index in [0.717, 1.165) is 22.4 Å². The van der Waals surface area contributed by atoms with Crippen LogP contribution in [0.2, 0.25) is 5.02 Å². The highest BCUT2D eigenvalue weighted by atomic mass is 35.5. The van der Waals surface area contributed by atoms with E-state index in [9.17, 15) is 9.59 Å². The van der Waals surface area contributed by atoms with Gasteiger partial charge >= 0.3 is 0 Å². The summed E-state index contributed by atoms with van der Waals surface area (Å²) in [4.78, 5) is 28.6. The molecular weight excluding hydrogens is 426 g/mol. The van der Waals surface area contributed by atoms with Crippen LogP contribution in [0.4, 0.5) is 0 Å². The molecule has 1 aliphatic rings. The number of nitrogens with one attached hydrogen (secondary N) is 1. The number of rotatable bonds is 7. The molecule has 1 aromatic heterocycles. The maximum atomic E-state index is 12.3. The molecule has 0 saturated heterocycles. The minimum absolute atomic E-state index is 0.136. The molecule has 0 atom stereocenters. The highest BCUT2D eigenvalue weighted by molar-refractivity contribution is 8.00. The van der Waals surface area contributed by atoms with E-state index >= 15 is 0 Å². The van der Waals surface area contributed by atoms with Gasteiger partial charge in [0.1, 0.15) is 18.2 Å². The SMILES string of the molecule is Cc1nc(SCC(=O)NCCc2cc(Cl)c3c(c2)OCCO3)c(C(N)=O)c(C)c1C. The van der Waals surface area contributed by atoms with Crippen molar-refractivity contribution < 1.29 is 19.1 Å². The molecule has 9 heteroatoms. The zero-order valence-corrected chi connectivity index (χ0v) is 18.7. The van der Waals surface area contributed by atoms with Crippen LogP contribution in [-0.4, -0.2) is 42.3 Å². The highest BCUT2D eigenvalue weighted by Gasteiger charge is 2.19. The lowest BCUT2D eigenvalue weighted by atomic mass is 10.0. The smallest absolute Gasteiger partial charge is 0.251 e. The second kappa shape index (κ2) is 9.57. The molecule has 0 spiro atoms. The fraction of sp³-hybridized carbons (Fsp3) is 0.381. The van der Waals surface area contributed by atoms with Gasteiger partial charge in [0.15, 0.2) is 11.5 Å².